The second-order valence-corrected chi connectivity index (χ2v) is 29.1. The van der Waals surface area contributed by atoms with Gasteiger partial charge >= 0.3 is 39.5 Å². The number of aliphatic hydroxyl groups excluding tert-OH is 1. The lowest BCUT2D eigenvalue weighted by molar-refractivity contribution is -0.161. The Balaban J connectivity index is 5.44. The summed E-state index contributed by atoms with van der Waals surface area (Å²) in [6.07, 6.45) is 86.9. The third-order valence-corrected chi connectivity index (χ3v) is 18.2. The van der Waals surface area contributed by atoms with Gasteiger partial charge in [0, 0.05) is 25.7 Å². The predicted octanol–water partition coefficient (Wildman–Crippen LogP) is 23.4. The van der Waals surface area contributed by atoms with E-state index in [2.05, 4.69) is 155 Å². The first-order valence-corrected chi connectivity index (χ1v) is 43.1. The zero-order chi connectivity index (χ0) is 76.0. The molecule has 0 fully saturated rings. The Hall–Kier alpha value is -5.06. The molecule has 0 spiro atoms. The van der Waals surface area contributed by atoms with Crippen LogP contribution in [-0.2, 0) is 65.4 Å². The fraction of sp³-hybridized carbons (Fsp3) is 0.671. The molecule has 0 bridgehead atoms. The van der Waals surface area contributed by atoms with Gasteiger partial charge in [-0.25, -0.2) is 9.13 Å². The number of hydrogen-bond donors (Lipinski definition) is 3. The number of aliphatic hydroxyl groups is 1. The van der Waals surface area contributed by atoms with Crippen molar-refractivity contribution in [2.45, 2.75) is 329 Å². The van der Waals surface area contributed by atoms with Crippen LogP contribution in [0.2, 0.25) is 0 Å². The Kier molecular flexibility index (Phi) is 72.4. The van der Waals surface area contributed by atoms with Crippen molar-refractivity contribution in [2.75, 3.05) is 39.6 Å². The van der Waals surface area contributed by atoms with Gasteiger partial charge in [0.05, 0.1) is 26.4 Å². The largest absolute Gasteiger partial charge is 0.472 e. The summed E-state index contributed by atoms with van der Waals surface area (Å²) in [6, 6.07) is 0. The van der Waals surface area contributed by atoms with Crippen molar-refractivity contribution in [3.05, 3.63) is 146 Å². The van der Waals surface area contributed by atoms with Gasteiger partial charge in [0.1, 0.15) is 19.3 Å². The van der Waals surface area contributed by atoms with Gasteiger partial charge in [-0.1, -0.05) is 302 Å². The van der Waals surface area contributed by atoms with Crippen molar-refractivity contribution in [2.24, 2.45) is 0 Å². The Bertz CT molecular complexity index is 2540. The molecule has 0 aromatic heterocycles. The maximum absolute atomic E-state index is 13.1. The van der Waals surface area contributed by atoms with Crippen LogP contribution in [0.15, 0.2) is 146 Å². The van der Waals surface area contributed by atoms with Crippen LogP contribution in [0.25, 0.3) is 0 Å². The minimum atomic E-state index is -5.00. The lowest BCUT2D eigenvalue weighted by Crippen LogP contribution is -2.30. The summed E-state index contributed by atoms with van der Waals surface area (Å²) < 4.78 is 68.5. The van der Waals surface area contributed by atoms with E-state index in [0.29, 0.717) is 32.1 Å². The highest BCUT2D eigenvalue weighted by molar-refractivity contribution is 7.47. The highest BCUT2D eigenvalue weighted by Gasteiger charge is 2.30. The van der Waals surface area contributed by atoms with E-state index in [0.717, 1.165) is 173 Å². The highest BCUT2D eigenvalue weighted by Crippen LogP contribution is 2.45. The molecule has 104 heavy (non-hydrogen) atoms. The normalized spacial score (nSPS) is 14.6. The number of allylic oxidation sites excluding steroid dienone is 24. The number of carbonyl (C=O) groups excluding carboxylic acids is 4. The molecule has 0 heterocycles. The number of rotatable bonds is 74. The Morgan fingerprint density at radius 1 is 0.279 bits per heavy atom. The van der Waals surface area contributed by atoms with E-state index in [4.69, 9.17) is 37.0 Å². The summed E-state index contributed by atoms with van der Waals surface area (Å²) in [5.41, 5.74) is 0. The number of phosphoric ester groups is 2. The van der Waals surface area contributed by atoms with Gasteiger partial charge in [-0.15, -0.1) is 0 Å². The van der Waals surface area contributed by atoms with Gasteiger partial charge in [-0.3, -0.25) is 37.3 Å². The Morgan fingerprint density at radius 3 is 0.827 bits per heavy atom. The van der Waals surface area contributed by atoms with Gasteiger partial charge < -0.3 is 33.8 Å². The molecule has 594 valence electrons. The van der Waals surface area contributed by atoms with Crippen molar-refractivity contribution in [1.29, 1.82) is 0 Å². The van der Waals surface area contributed by atoms with E-state index < -0.39 is 97.5 Å². The Morgan fingerprint density at radius 2 is 0.519 bits per heavy atom. The molecule has 0 rings (SSSR count). The smallest absolute Gasteiger partial charge is 0.462 e. The molecule has 3 N–H and O–H groups in total. The molecule has 0 aliphatic rings. The lowest BCUT2D eigenvalue weighted by atomic mass is 10.0. The number of phosphoric acid groups is 2. The summed E-state index contributed by atoms with van der Waals surface area (Å²) in [5.74, 6) is -2.30. The second-order valence-electron chi connectivity index (χ2n) is 26.2. The van der Waals surface area contributed by atoms with Crippen molar-refractivity contribution >= 4 is 39.5 Å². The van der Waals surface area contributed by atoms with E-state index in [9.17, 15) is 43.2 Å². The van der Waals surface area contributed by atoms with Gasteiger partial charge in [-0.05, 0) is 128 Å². The molecule has 0 aromatic rings. The van der Waals surface area contributed by atoms with Crippen molar-refractivity contribution in [3.8, 4) is 0 Å². The third-order valence-electron chi connectivity index (χ3n) is 16.3. The van der Waals surface area contributed by atoms with Gasteiger partial charge in [0.15, 0.2) is 12.2 Å². The summed E-state index contributed by atoms with van der Waals surface area (Å²) in [7, 11) is -9.99. The monoisotopic (exact) mass is 1500 g/mol. The molecule has 0 saturated heterocycles. The summed E-state index contributed by atoms with van der Waals surface area (Å²) >= 11 is 0. The average Bonchev–Trinajstić information content (AvgIpc) is 0.911. The first-order valence-electron chi connectivity index (χ1n) is 40.1. The zero-order valence-electron chi connectivity index (χ0n) is 64.9. The van der Waals surface area contributed by atoms with E-state index in [1.54, 1.807) is 0 Å². The molecule has 19 heteroatoms. The number of unbranched alkanes of at least 4 members (excludes halogenated alkanes) is 24. The van der Waals surface area contributed by atoms with E-state index in [1.165, 1.54) is 51.4 Å². The fourth-order valence-electron chi connectivity index (χ4n) is 10.3. The molecule has 5 unspecified atom stereocenters. The number of ether oxygens (including phenoxy) is 4. The molecule has 0 aliphatic heterocycles. The van der Waals surface area contributed by atoms with Crippen molar-refractivity contribution < 1.29 is 80.2 Å². The first kappa shape index (κ1) is 98.9. The highest BCUT2D eigenvalue weighted by atomic mass is 31.2. The van der Waals surface area contributed by atoms with Crippen LogP contribution in [0.5, 0.6) is 0 Å². The molecule has 5 atom stereocenters. The molecule has 0 aromatic carbocycles. The standard InChI is InChI=1S/C85H142O17P2/c1-5-9-13-17-21-25-29-33-36-38-39-41-43-47-50-54-58-62-66-70-83(88)96-76-81(102-85(90)72-68-64-60-56-52-48-44-40-37-34-30-26-22-18-14-10-6-2)78-100-104(93,94)98-74-79(86)73-97-103(91,92)99-77-80(101-84(89)71-67-63-59-55-51-45-32-28-24-20-16-12-8-4)75-95-82(87)69-65-61-57-53-49-46-42-35-31-27-23-19-15-11-7-3/h9-11,13-15,21-23,25-27,33-37,39,41-42,47,50,58,62,79-81,86H,5-8,12,16-20,24,28-32,38,40,43-46,48-49,51-57,59-61,63-78H2,1-4H3,(H,91,92)(H,93,94)/b13-9-,14-10-,15-11-,25-21-,26-22-,27-23-,36-33-,37-34-,41-39-,42-35-,50-47-,62-58-. The first-order chi connectivity index (χ1) is 50.7. The number of hydrogen-bond acceptors (Lipinski definition) is 15. The van der Waals surface area contributed by atoms with Crippen LogP contribution >= 0.6 is 15.6 Å². The van der Waals surface area contributed by atoms with Crippen LogP contribution in [0, 0.1) is 0 Å². The quantitative estimate of drug-likeness (QED) is 0.0169. The van der Waals surface area contributed by atoms with E-state index in [1.807, 2.05) is 18.2 Å². The van der Waals surface area contributed by atoms with Gasteiger partial charge in [-0.2, -0.15) is 0 Å². The molecule has 0 saturated carbocycles. The zero-order valence-corrected chi connectivity index (χ0v) is 66.7. The van der Waals surface area contributed by atoms with Gasteiger partial charge in [0.25, 0.3) is 0 Å². The molecule has 0 radical (unpaired) electrons. The summed E-state index contributed by atoms with van der Waals surface area (Å²) in [6.45, 7) is 4.44. The summed E-state index contributed by atoms with van der Waals surface area (Å²) in [4.78, 5) is 73.0. The van der Waals surface area contributed by atoms with Crippen LogP contribution in [0.3, 0.4) is 0 Å². The third kappa shape index (κ3) is 75.2. The maximum Gasteiger partial charge on any atom is 0.472 e. The fourth-order valence-corrected chi connectivity index (χ4v) is 11.9. The van der Waals surface area contributed by atoms with Crippen molar-refractivity contribution in [3.63, 3.8) is 0 Å². The minimum absolute atomic E-state index is 0.0301. The van der Waals surface area contributed by atoms with Crippen LogP contribution < -0.4 is 0 Å². The molecular weight excluding hydrogens is 1350 g/mol. The lowest BCUT2D eigenvalue weighted by Gasteiger charge is -2.21. The average molecular weight is 1500 g/mol. The van der Waals surface area contributed by atoms with Crippen LogP contribution in [0.4, 0.5) is 0 Å². The van der Waals surface area contributed by atoms with Crippen LogP contribution in [0.1, 0.15) is 310 Å². The maximum atomic E-state index is 13.1. The number of esters is 4. The van der Waals surface area contributed by atoms with Crippen molar-refractivity contribution in [1.82, 2.24) is 0 Å². The molecule has 0 aliphatic carbocycles. The van der Waals surface area contributed by atoms with Gasteiger partial charge in [0.2, 0.25) is 0 Å². The predicted molar refractivity (Wildman–Crippen MR) is 427 cm³/mol. The minimum Gasteiger partial charge on any atom is -0.462 e. The van der Waals surface area contributed by atoms with Crippen LogP contribution in [-0.4, -0.2) is 96.7 Å². The second kappa shape index (κ2) is 76.1. The number of carbonyl (C=O) groups is 4. The molecular formula is C85H142O17P2. The molecule has 0 amide bonds. The Labute approximate surface area is 630 Å². The van der Waals surface area contributed by atoms with E-state index >= 15 is 0 Å². The molecule has 17 nitrogen and oxygen atoms in total. The SMILES string of the molecule is CC/C=C\C/C=C\C/C=C\C/C=C\C/C=C\C/C=C\CCC(=O)OCC(COP(=O)(O)OCC(O)COP(=O)(O)OCC(COC(=O)CCCCCCC/C=C\C/C=C\C/C=C\CC)OC(=O)CCCCCCCCCCCCCCC)OC(=O)CCCCCCCCC/C=C\C/C=C\C/C=C\CC. The topological polar surface area (TPSA) is 237 Å². The summed E-state index contributed by atoms with van der Waals surface area (Å²) in [5, 5.41) is 10.6. The van der Waals surface area contributed by atoms with E-state index in [-0.39, 0.29) is 25.7 Å².